The van der Waals surface area contributed by atoms with Crippen molar-refractivity contribution in [1.29, 1.82) is 0 Å². The van der Waals surface area contributed by atoms with Gasteiger partial charge in [-0.05, 0) is 125 Å². The van der Waals surface area contributed by atoms with Crippen LogP contribution in [0.15, 0.2) is 237 Å². The lowest BCUT2D eigenvalue weighted by atomic mass is 9.95. The highest BCUT2D eigenvalue weighted by Crippen LogP contribution is 2.46. The van der Waals surface area contributed by atoms with Gasteiger partial charge in [-0.1, -0.05) is 133 Å². The minimum absolute atomic E-state index is 0.724. The standard InChI is InChI=1S/C65H41N5/c1-4-16-46(17-5-1)68-57-25-13-10-22-49(57)53-37-42(30-33-60(53)68)41-28-29-43-40-56-63(52(43)36-41)64(44-31-34-61-54(38-44)50-23-11-14-26-58(50)69(61)47-18-6-2-7-19-47)67-65(66-56)45-32-35-62-55(39-45)51-24-12-15-27-59(51)70(62)48-20-8-3-9-21-48/h1-39H,40H2. The van der Waals surface area contributed by atoms with Crippen molar-refractivity contribution in [1.82, 2.24) is 23.7 Å². The lowest BCUT2D eigenvalue weighted by molar-refractivity contribution is 1.08. The number of rotatable bonds is 6. The molecule has 0 fully saturated rings. The van der Waals surface area contributed by atoms with E-state index >= 15 is 0 Å². The Hall–Kier alpha value is -9.32. The van der Waals surface area contributed by atoms with E-state index < -0.39 is 0 Å². The van der Waals surface area contributed by atoms with Crippen molar-refractivity contribution in [2.24, 2.45) is 0 Å². The van der Waals surface area contributed by atoms with Gasteiger partial charge in [-0.2, -0.15) is 0 Å². The molecule has 0 atom stereocenters. The third-order valence-electron chi connectivity index (χ3n) is 14.6. The van der Waals surface area contributed by atoms with Crippen LogP contribution >= 0.6 is 0 Å². The van der Waals surface area contributed by atoms with Gasteiger partial charge in [0.2, 0.25) is 0 Å². The minimum Gasteiger partial charge on any atom is -0.309 e. The zero-order valence-electron chi connectivity index (χ0n) is 38.0. The fraction of sp³-hybridized carbons (Fsp3) is 0.0154. The highest BCUT2D eigenvalue weighted by atomic mass is 15.0. The molecular weight excluding hydrogens is 851 g/mol. The van der Waals surface area contributed by atoms with E-state index in [0.29, 0.717) is 0 Å². The number of aromatic nitrogens is 5. The second-order valence-corrected chi connectivity index (χ2v) is 18.5. The molecule has 0 bridgehead atoms. The molecule has 0 saturated carbocycles. The molecule has 326 valence electrons. The van der Waals surface area contributed by atoms with Gasteiger partial charge < -0.3 is 13.7 Å². The zero-order chi connectivity index (χ0) is 45.9. The summed E-state index contributed by atoms with van der Waals surface area (Å²) in [5, 5.41) is 7.25. The first-order chi connectivity index (χ1) is 34.7. The van der Waals surface area contributed by atoms with Gasteiger partial charge in [-0.25, -0.2) is 9.97 Å². The lowest BCUT2D eigenvalue weighted by Crippen LogP contribution is -1.99. The monoisotopic (exact) mass is 891 g/mol. The Morgan fingerprint density at radius 3 is 1.20 bits per heavy atom. The predicted molar refractivity (Wildman–Crippen MR) is 290 cm³/mol. The van der Waals surface area contributed by atoms with Crippen LogP contribution in [-0.4, -0.2) is 23.7 Å². The fourth-order valence-electron chi connectivity index (χ4n) is 11.5. The van der Waals surface area contributed by atoms with E-state index in [4.69, 9.17) is 9.97 Å². The van der Waals surface area contributed by atoms with Crippen molar-refractivity contribution >= 4 is 65.4 Å². The molecule has 0 saturated heterocycles. The van der Waals surface area contributed by atoms with Crippen LogP contribution in [0.4, 0.5) is 0 Å². The Balaban J connectivity index is 0.935. The van der Waals surface area contributed by atoms with Crippen LogP contribution in [-0.2, 0) is 6.42 Å². The number of nitrogens with zero attached hydrogens (tertiary/aromatic N) is 5. The van der Waals surface area contributed by atoms with Crippen molar-refractivity contribution in [2.45, 2.75) is 6.42 Å². The van der Waals surface area contributed by atoms with E-state index in [2.05, 4.69) is 250 Å². The average molecular weight is 892 g/mol. The zero-order valence-corrected chi connectivity index (χ0v) is 38.0. The molecule has 0 radical (unpaired) electrons. The number of benzene rings is 10. The van der Waals surface area contributed by atoms with Crippen LogP contribution in [0.2, 0.25) is 0 Å². The number of hydrogen-bond acceptors (Lipinski definition) is 2. The van der Waals surface area contributed by atoms with Gasteiger partial charge in [0, 0.05) is 72.5 Å². The van der Waals surface area contributed by atoms with Crippen LogP contribution in [0.5, 0.6) is 0 Å². The van der Waals surface area contributed by atoms with Gasteiger partial charge >= 0.3 is 0 Å². The lowest BCUT2D eigenvalue weighted by Gasteiger charge is -2.14. The van der Waals surface area contributed by atoms with Crippen molar-refractivity contribution in [3.63, 3.8) is 0 Å². The van der Waals surface area contributed by atoms with E-state index in [0.717, 1.165) is 68.4 Å². The summed E-state index contributed by atoms with van der Waals surface area (Å²) in [6.07, 6.45) is 0.724. The molecule has 0 N–H and O–H groups in total. The van der Waals surface area contributed by atoms with Gasteiger partial charge in [0.15, 0.2) is 5.82 Å². The van der Waals surface area contributed by atoms with E-state index in [1.807, 2.05) is 0 Å². The van der Waals surface area contributed by atoms with Gasteiger partial charge in [0.1, 0.15) is 0 Å². The largest absolute Gasteiger partial charge is 0.309 e. The first kappa shape index (κ1) is 38.8. The first-order valence-electron chi connectivity index (χ1n) is 24.0. The quantitative estimate of drug-likeness (QED) is 0.167. The molecule has 4 aromatic heterocycles. The van der Waals surface area contributed by atoms with Gasteiger partial charge in [-0.15, -0.1) is 0 Å². The van der Waals surface area contributed by atoms with Crippen molar-refractivity contribution in [3.05, 3.63) is 248 Å². The molecule has 1 aliphatic carbocycles. The molecule has 0 aliphatic heterocycles. The normalized spacial score (nSPS) is 12.2. The Morgan fingerprint density at radius 1 is 0.300 bits per heavy atom. The summed E-state index contributed by atoms with van der Waals surface area (Å²) in [7, 11) is 0. The third-order valence-corrected chi connectivity index (χ3v) is 14.6. The Kier molecular flexibility index (Phi) is 8.36. The molecule has 0 amide bonds. The maximum absolute atomic E-state index is 5.67. The molecule has 0 unspecified atom stereocenters. The van der Waals surface area contributed by atoms with E-state index in [1.54, 1.807) is 0 Å². The van der Waals surface area contributed by atoms with Crippen molar-refractivity contribution < 1.29 is 0 Å². The second kappa shape index (κ2) is 15.1. The number of fused-ring (bicyclic) bond motifs is 12. The summed E-state index contributed by atoms with van der Waals surface area (Å²) in [5.74, 6) is 0.729. The number of para-hydroxylation sites is 6. The molecule has 5 nitrogen and oxygen atoms in total. The molecular formula is C65H41N5. The summed E-state index contributed by atoms with van der Waals surface area (Å²) in [6.45, 7) is 0. The second-order valence-electron chi connectivity index (χ2n) is 18.5. The summed E-state index contributed by atoms with van der Waals surface area (Å²) >= 11 is 0. The van der Waals surface area contributed by atoms with Crippen molar-refractivity contribution in [2.75, 3.05) is 0 Å². The van der Waals surface area contributed by atoms with Crippen LogP contribution in [0, 0.1) is 0 Å². The maximum Gasteiger partial charge on any atom is 0.160 e. The Labute approximate surface area is 403 Å². The Bertz CT molecular complexity index is 4420. The third kappa shape index (κ3) is 5.79. The highest BCUT2D eigenvalue weighted by molar-refractivity contribution is 6.13. The van der Waals surface area contributed by atoms with E-state index in [1.165, 1.54) is 76.6 Å². The summed E-state index contributed by atoms with van der Waals surface area (Å²) in [6, 6.07) is 85.7. The van der Waals surface area contributed by atoms with E-state index in [9.17, 15) is 0 Å². The minimum atomic E-state index is 0.724. The van der Waals surface area contributed by atoms with Crippen LogP contribution in [0.1, 0.15) is 11.3 Å². The molecule has 14 aromatic rings. The van der Waals surface area contributed by atoms with Crippen molar-refractivity contribution in [3.8, 4) is 62.0 Å². The van der Waals surface area contributed by atoms with Gasteiger partial charge in [0.05, 0.1) is 44.5 Å². The molecule has 70 heavy (non-hydrogen) atoms. The fourth-order valence-corrected chi connectivity index (χ4v) is 11.5. The topological polar surface area (TPSA) is 40.6 Å². The van der Waals surface area contributed by atoms with Gasteiger partial charge in [-0.3, -0.25) is 0 Å². The number of hydrogen-bond donors (Lipinski definition) is 0. The first-order valence-corrected chi connectivity index (χ1v) is 24.0. The molecule has 15 rings (SSSR count). The van der Waals surface area contributed by atoms with E-state index in [-0.39, 0.29) is 0 Å². The Morgan fingerprint density at radius 2 is 0.686 bits per heavy atom. The van der Waals surface area contributed by atoms with Crippen LogP contribution in [0.25, 0.3) is 127 Å². The van der Waals surface area contributed by atoms with Crippen LogP contribution in [0.3, 0.4) is 0 Å². The van der Waals surface area contributed by atoms with Crippen LogP contribution < -0.4 is 0 Å². The smallest absolute Gasteiger partial charge is 0.160 e. The SMILES string of the molecule is c1ccc(-n2c3ccccc3c3cc(-c4ccc5c(c4)-c4c(nc(-c6ccc7c(c6)c6ccccc6n7-c6ccccc6)nc4-c4ccc6c(c4)c4ccccc4n6-c4ccccc4)C5)ccc32)cc1. The summed E-state index contributed by atoms with van der Waals surface area (Å²) in [5.41, 5.74) is 20.4. The predicted octanol–water partition coefficient (Wildman–Crippen LogP) is 16.3. The molecule has 0 spiro atoms. The maximum atomic E-state index is 5.67. The summed E-state index contributed by atoms with van der Waals surface area (Å²) in [4.78, 5) is 11.2. The molecule has 5 heteroatoms. The summed E-state index contributed by atoms with van der Waals surface area (Å²) < 4.78 is 7.11. The average Bonchev–Trinajstić information content (AvgIpc) is 4.17. The molecule has 1 aliphatic rings. The molecule has 10 aromatic carbocycles. The highest BCUT2D eigenvalue weighted by Gasteiger charge is 2.28. The van der Waals surface area contributed by atoms with Gasteiger partial charge in [0.25, 0.3) is 0 Å². The molecule has 4 heterocycles.